The van der Waals surface area contributed by atoms with Crippen molar-refractivity contribution >= 4 is 119 Å². The van der Waals surface area contributed by atoms with Gasteiger partial charge >= 0.3 is 0 Å². The molecule has 2 heterocycles. The van der Waals surface area contributed by atoms with Crippen molar-refractivity contribution in [3.8, 4) is 0 Å². The lowest BCUT2D eigenvalue weighted by Gasteiger charge is -2.08. The molecule has 15 heteroatoms. The number of nitro groups is 1. The number of amides is 2. The number of nitro benzene ring substituents is 1. The number of nitrogens with zero attached hydrogens (tertiary/aromatic N) is 3. The minimum absolute atomic E-state index is 0.00531. The number of aromatic nitrogens is 2. The van der Waals surface area contributed by atoms with Gasteiger partial charge in [-0.25, -0.2) is 9.97 Å². The number of carbonyl (C=O) groups is 2. The highest BCUT2D eigenvalue weighted by molar-refractivity contribution is 8.02. The summed E-state index contributed by atoms with van der Waals surface area (Å²) < 4.78 is 2.92. The van der Waals surface area contributed by atoms with Crippen LogP contribution in [0, 0.1) is 10.1 Å². The third-order valence-corrected chi connectivity index (χ3v) is 10.0. The number of thioether (sulfide) groups is 2. The van der Waals surface area contributed by atoms with Crippen LogP contribution in [0.5, 0.6) is 0 Å². The van der Waals surface area contributed by atoms with Crippen molar-refractivity contribution in [2.24, 2.45) is 0 Å². The van der Waals surface area contributed by atoms with E-state index in [0.717, 1.165) is 10.2 Å². The van der Waals surface area contributed by atoms with E-state index in [9.17, 15) is 19.7 Å². The van der Waals surface area contributed by atoms with E-state index in [0.29, 0.717) is 40.3 Å². The number of nitrogens with one attached hydrogen (secondary N) is 2. The van der Waals surface area contributed by atoms with Gasteiger partial charge in [-0.2, -0.15) is 0 Å². The molecular weight excluding hydrogens is 621 g/mol. The van der Waals surface area contributed by atoms with E-state index in [1.807, 2.05) is 12.1 Å². The third kappa shape index (κ3) is 6.80. The summed E-state index contributed by atoms with van der Waals surface area (Å²) >= 11 is 17.5. The largest absolute Gasteiger partial charge is 0.325 e. The van der Waals surface area contributed by atoms with E-state index in [4.69, 9.17) is 23.2 Å². The molecule has 0 unspecified atom stereocenters. The molecule has 0 fully saturated rings. The van der Waals surface area contributed by atoms with Crippen LogP contribution in [0.1, 0.15) is 0 Å². The number of para-hydroxylation sites is 1. The standard InChI is InChI=1S/C24H15Cl2N5O4S4/c25-14-2-1-3-15(26)22(14)30-21(33)11-37-23-28-16-6-4-12(8-18(16)38-23)27-20(32)10-36-24-29-17-7-5-13(31(34)35)9-19(17)39-24/h1-9H,10-11H2,(H,27,32)(H,30,33). The van der Waals surface area contributed by atoms with Crippen molar-refractivity contribution in [3.05, 3.63) is 74.8 Å². The molecule has 0 saturated carbocycles. The molecule has 9 nitrogen and oxygen atoms in total. The Kier molecular flexibility index (Phi) is 8.54. The van der Waals surface area contributed by atoms with Gasteiger partial charge in [0.05, 0.1) is 52.6 Å². The summed E-state index contributed by atoms with van der Waals surface area (Å²) in [7, 11) is 0. The van der Waals surface area contributed by atoms with E-state index in [1.165, 1.54) is 58.3 Å². The highest BCUT2D eigenvalue weighted by Gasteiger charge is 2.14. The van der Waals surface area contributed by atoms with Gasteiger partial charge in [0.15, 0.2) is 8.68 Å². The summed E-state index contributed by atoms with van der Waals surface area (Å²) in [6.07, 6.45) is 0. The minimum atomic E-state index is -0.448. The molecule has 2 amide bonds. The first kappa shape index (κ1) is 27.6. The Hall–Kier alpha value is -2.94. The van der Waals surface area contributed by atoms with Crippen LogP contribution >= 0.6 is 69.4 Å². The smallest absolute Gasteiger partial charge is 0.270 e. The summed E-state index contributed by atoms with van der Waals surface area (Å²) in [5.41, 5.74) is 2.42. The topological polar surface area (TPSA) is 127 Å². The number of thiazole rings is 2. The Labute approximate surface area is 247 Å². The molecule has 0 aliphatic rings. The molecule has 0 radical (unpaired) electrons. The SMILES string of the molecule is O=C(CSc1nc2ccc([N+](=O)[O-])cc2s1)Nc1ccc2nc(SCC(=O)Nc3c(Cl)cccc3Cl)sc2c1. The number of fused-ring (bicyclic) bond motifs is 2. The minimum Gasteiger partial charge on any atom is -0.325 e. The van der Waals surface area contributed by atoms with Crippen molar-refractivity contribution in [1.29, 1.82) is 0 Å². The molecule has 2 aromatic heterocycles. The van der Waals surface area contributed by atoms with E-state index < -0.39 is 4.92 Å². The molecule has 39 heavy (non-hydrogen) atoms. The van der Waals surface area contributed by atoms with Gasteiger partial charge in [-0.3, -0.25) is 19.7 Å². The van der Waals surface area contributed by atoms with Crippen LogP contribution in [0.25, 0.3) is 20.4 Å². The van der Waals surface area contributed by atoms with Crippen molar-refractivity contribution < 1.29 is 14.5 Å². The van der Waals surface area contributed by atoms with Gasteiger partial charge in [0.25, 0.3) is 5.69 Å². The predicted octanol–water partition coefficient (Wildman–Crippen LogP) is 7.58. The zero-order valence-corrected chi connectivity index (χ0v) is 24.3. The first-order chi connectivity index (χ1) is 18.7. The highest BCUT2D eigenvalue weighted by Crippen LogP contribution is 2.34. The first-order valence-electron chi connectivity index (χ1n) is 11.0. The number of rotatable bonds is 9. The molecule has 5 aromatic rings. The number of hydrogen-bond acceptors (Lipinski definition) is 10. The summed E-state index contributed by atoms with van der Waals surface area (Å²) in [5, 5.41) is 17.3. The fraction of sp³-hybridized carbons (Fsp3) is 0.0833. The second-order valence-corrected chi connectivity index (χ2v) is 13.1. The van der Waals surface area contributed by atoms with Crippen molar-refractivity contribution in [2.45, 2.75) is 8.68 Å². The zero-order valence-electron chi connectivity index (χ0n) is 19.5. The van der Waals surface area contributed by atoms with Crippen LogP contribution in [0.2, 0.25) is 10.0 Å². The number of carbonyl (C=O) groups excluding carboxylic acids is 2. The monoisotopic (exact) mass is 635 g/mol. The summed E-state index contributed by atoms with van der Waals surface area (Å²) in [4.78, 5) is 44.4. The van der Waals surface area contributed by atoms with Crippen LogP contribution in [0.3, 0.4) is 0 Å². The van der Waals surface area contributed by atoms with Crippen molar-refractivity contribution in [2.75, 3.05) is 22.1 Å². The van der Waals surface area contributed by atoms with Gasteiger partial charge in [0.1, 0.15) is 0 Å². The van der Waals surface area contributed by atoms with E-state index in [-0.39, 0.29) is 29.0 Å². The molecule has 2 N–H and O–H groups in total. The zero-order chi connectivity index (χ0) is 27.5. The van der Waals surface area contributed by atoms with Crippen molar-refractivity contribution in [1.82, 2.24) is 9.97 Å². The molecule has 198 valence electrons. The molecule has 0 aliphatic heterocycles. The first-order valence-corrected chi connectivity index (χ1v) is 15.4. The Morgan fingerprint density at radius 2 is 1.41 bits per heavy atom. The Morgan fingerprint density at radius 3 is 2.03 bits per heavy atom. The fourth-order valence-corrected chi connectivity index (χ4v) is 7.66. The van der Waals surface area contributed by atoms with Crippen LogP contribution in [0.4, 0.5) is 17.1 Å². The average molecular weight is 637 g/mol. The second kappa shape index (κ2) is 12.1. The molecule has 3 aromatic carbocycles. The van der Waals surface area contributed by atoms with Crippen molar-refractivity contribution in [3.63, 3.8) is 0 Å². The molecule has 0 bridgehead atoms. The van der Waals surface area contributed by atoms with Gasteiger partial charge in [-0.1, -0.05) is 52.8 Å². The number of benzene rings is 3. The van der Waals surface area contributed by atoms with Gasteiger partial charge < -0.3 is 10.6 Å². The van der Waals surface area contributed by atoms with Crippen LogP contribution in [-0.2, 0) is 9.59 Å². The van der Waals surface area contributed by atoms with Crippen LogP contribution < -0.4 is 10.6 Å². The Balaban J connectivity index is 1.16. The van der Waals surface area contributed by atoms with Gasteiger partial charge in [-0.05, 0) is 36.4 Å². The summed E-state index contributed by atoms with van der Waals surface area (Å²) in [6, 6.07) is 14.9. The number of non-ortho nitro benzene ring substituents is 1. The van der Waals surface area contributed by atoms with Crippen LogP contribution in [0.15, 0.2) is 63.3 Å². The lowest BCUT2D eigenvalue weighted by atomic mass is 10.3. The van der Waals surface area contributed by atoms with Crippen LogP contribution in [-0.4, -0.2) is 38.2 Å². The van der Waals surface area contributed by atoms with E-state index in [1.54, 1.807) is 30.3 Å². The maximum atomic E-state index is 12.5. The third-order valence-electron chi connectivity index (χ3n) is 5.10. The maximum absolute atomic E-state index is 12.5. The number of hydrogen-bond donors (Lipinski definition) is 2. The highest BCUT2D eigenvalue weighted by atomic mass is 35.5. The van der Waals surface area contributed by atoms with Gasteiger partial charge in [0.2, 0.25) is 11.8 Å². The lowest BCUT2D eigenvalue weighted by Crippen LogP contribution is -2.14. The molecule has 0 spiro atoms. The number of halogens is 2. The lowest BCUT2D eigenvalue weighted by molar-refractivity contribution is -0.384. The molecular formula is C24H15Cl2N5O4S4. The molecule has 5 rings (SSSR count). The van der Waals surface area contributed by atoms with E-state index in [2.05, 4.69) is 20.6 Å². The normalized spacial score (nSPS) is 11.1. The molecule has 0 atom stereocenters. The Morgan fingerprint density at radius 1 is 0.846 bits per heavy atom. The quantitative estimate of drug-likeness (QED) is 0.0963. The van der Waals surface area contributed by atoms with Gasteiger partial charge in [-0.15, -0.1) is 22.7 Å². The van der Waals surface area contributed by atoms with Gasteiger partial charge in [0, 0.05) is 17.8 Å². The molecule has 0 aliphatic carbocycles. The number of anilines is 2. The Bertz CT molecular complexity index is 1720. The summed E-state index contributed by atoms with van der Waals surface area (Å²) in [5.74, 6) is -0.208. The fourth-order valence-electron chi connectivity index (χ4n) is 3.35. The average Bonchev–Trinajstić information content (AvgIpc) is 3.51. The second-order valence-electron chi connectivity index (χ2n) is 7.82. The van der Waals surface area contributed by atoms with E-state index >= 15 is 0 Å². The predicted molar refractivity (Wildman–Crippen MR) is 161 cm³/mol. The molecule has 0 saturated heterocycles. The summed E-state index contributed by atoms with van der Waals surface area (Å²) in [6.45, 7) is 0. The maximum Gasteiger partial charge on any atom is 0.270 e.